The highest BCUT2D eigenvalue weighted by Crippen LogP contribution is 2.45. The number of nitrogens with one attached hydrogen (secondary N) is 2. The van der Waals surface area contributed by atoms with Crippen LogP contribution in [0.4, 0.5) is 11.4 Å². The third kappa shape index (κ3) is 5.00. The number of aryl methyl sites for hydroxylation is 2. The molecule has 1 aliphatic heterocycles. The maximum atomic E-state index is 12.1. The number of carbonyl (C=O) groups excluding carboxylic acids is 1. The van der Waals surface area contributed by atoms with Gasteiger partial charge in [0.25, 0.3) is 0 Å². The fraction of sp³-hybridized carbons (Fsp3) is 0.258. The van der Waals surface area contributed by atoms with E-state index in [1.807, 2.05) is 49.5 Å². The Bertz CT molecular complexity index is 1530. The van der Waals surface area contributed by atoms with E-state index in [9.17, 15) is 4.79 Å². The minimum absolute atomic E-state index is 0.0731. The van der Waals surface area contributed by atoms with Gasteiger partial charge in [-0.1, -0.05) is 25.1 Å². The Kier molecular flexibility index (Phi) is 7.39. The lowest BCUT2D eigenvalue weighted by Crippen LogP contribution is -2.29. The zero-order valence-corrected chi connectivity index (χ0v) is 23.7. The van der Waals surface area contributed by atoms with Crippen LogP contribution >= 0.6 is 12.2 Å². The predicted octanol–water partition coefficient (Wildman–Crippen LogP) is 6.33. The van der Waals surface area contributed by atoms with Crippen molar-refractivity contribution in [1.29, 1.82) is 0 Å². The van der Waals surface area contributed by atoms with Gasteiger partial charge in [0.05, 0.1) is 30.6 Å². The zero-order valence-electron chi connectivity index (χ0n) is 22.9. The summed E-state index contributed by atoms with van der Waals surface area (Å²) in [6.45, 7) is 8.22. The maximum absolute atomic E-state index is 12.1. The van der Waals surface area contributed by atoms with E-state index in [2.05, 4.69) is 76.2 Å². The average molecular weight is 540 g/mol. The summed E-state index contributed by atoms with van der Waals surface area (Å²) in [5.41, 5.74) is 8.17. The number of hydrogen-bond donors (Lipinski definition) is 2. The Morgan fingerprint density at radius 1 is 1.05 bits per heavy atom. The summed E-state index contributed by atoms with van der Waals surface area (Å²) in [6, 6.07) is 22.1. The van der Waals surface area contributed by atoms with E-state index in [0.717, 1.165) is 34.0 Å². The van der Waals surface area contributed by atoms with Gasteiger partial charge >= 0.3 is 0 Å². The molecule has 2 aromatic heterocycles. The van der Waals surface area contributed by atoms with Crippen molar-refractivity contribution in [2.45, 2.75) is 46.2 Å². The quantitative estimate of drug-likeness (QED) is 0.267. The third-order valence-electron chi connectivity index (χ3n) is 7.21. The Morgan fingerprint density at radius 2 is 1.87 bits per heavy atom. The number of benzene rings is 2. The molecule has 1 fully saturated rings. The molecule has 39 heavy (non-hydrogen) atoms. The number of aromatic nitrogens is 2. The normalized spacial score (nSPS) is 16.7. The Labute approximate surface area is 234 Å². The first-order valence-electron chi connectivity index (χ1n) is 13.1. The van der Waals surface area contributed by atoms with Gasteiger partial charge < -0.3 is 24.8 Å². The molecular weight excluding hydrogens is 506 g/mol. The van der Waals surface area contributed by atoms with Crippen molar-refractivity contribution in [3.63, 3.8) is 0 Å². The smallest absolute Gasteiger partial charge is 0.224 e. The lowest BCUT2D eigenvalue weighted by atomic mass is 9.96. The molecule has 0 spiro atoms. The number of ether oxygens (including phenoxy) is 1. The van der Waals surface area contributed by atoms with Gasteiger partial charge in [0.2, 0.25) is 5.91 Å². The highest BCUT2D eigenvalue weighted by atomic mass is 32.1. The average Bonchev–Trinajstić information content (AvgIpc) is 3.43. The summed E-state index contributed by atoms with van der Waals surface area (Å²) in [6.07, 6.45) is 2.19. The summed E-state index contributed by atoms with van der Waals surface area (Å²) < 4.78 is 7.97. The fourth-order valence-electron chi connectivity index (χ4n) is 5.37. The van der Waals surface area contributed by atoms with Crippen LogP contribution < -0.4 is 20.3 Å². The minimum atomic E-state index is -0.171. The van der Waals surface area contributed by atoms with Crippen LogP contribution in [0.5, 0.6) is 5.75 Å². The van der Waals surface area contributed by atoms with Crippen molar-refractivity contribution in [3.05, 3.63) is 101 Å². The molecule has 3 heterocycles. The zero-order chi connectivity index (χ0) is 27.7. The van der Waals surface area contributed by atoms with Gasteiger partial charge in [-0.3, -0.25) is 9.78 Å². The van der Waals surface area contributed by atoms with E-state index in [4.69, 9.17) is 17.0 Å². The van der Waals surface area contributed by atoms with Gasteiger partial charge in [-0.05, 0) is 86.6 Å². The second-order valence-corrected chi connectivity index (χ2v) is 10.2. The molecule has 7 nitrogen and oxygen atoms in total. The largest absolute Gasteiger partial charge is 0.494 e. The van der Waals surface area contributed by atoms with Crippen LogP contribution in [-0.2, 0) is 4.79 Å². The number of amides is 1. The second kappa shape index (κ2) is 10.9. The molecule has 2 N–H and O–H groups in total. The van der Waals surface area contributed by atoms with E-state index in [-0.39, 0.29) is 18.0 Å². The van der Waals surface area contributed by atoms with Crippen LogP contribution in [-0.4, -0.2) is 27.7 Å². The van der Waals surface area contributed by atoms with Crippen molar-refractivity contribution in [2.24, 2.45) is 0 Å². The van der Waals surface area contributed by atoms with E-state index in [1.54, 1.807) is 7.11 Å². The lowest BCUT2D eigenvalue weighted by Gasteiger charge is -2.29. The number of carbonyl (C=O) groups is 1. The van der Waals surface area contributed by atoms with Crippen LogP contribution in [0, 0.1) is 20.8 Å². The first-order chi connectivity index (χ1) is 18.8. The van der Waals surface area contributed by atoms with Gasteiger partial charge in [0.15, 0.2) is 5.11 Å². The van der Waals surface area contributed by atoms with Crippen molar-refractivity contribution in [2.75, 3.05) is 17.3 Å². The number of hydrogen-bond acceptors (Lipinski definition) is 4. The molecule has 1 saturated heterocycles. The number of pyridine rings is 1. The molecule has 2 atom stereocenters. The van der Waals surface area contributed by atoms with Gasteiger partial charge in [-0.2, -0.15) is 0 Å². The summed E-state index contributed by atoms with van der Waals surface area (Å²) in [5, 5.41) is 7.06. The SMILES string of the molecule is CCC(=O)Nc1ccc(N2C(=S)N[C@@H](c3ccccn3)[C@H]2c2cc(C)n(-c3cccc(C)c3)c2C)cc1OC. The van der Waals surface area contributed by atoms with Crippen molar-refractivity contribution in [1.82, 2.24) is 14.9 Å². The first-order valence-corrected chi connectivity index (χ1v) is 13.5. The number of methoxy groups -OCH3 is 1. The molecule has 0 aliphatic carbocycles. The van der Waals surface area contributed by atoms with Gasteiger partial charge in [-0.15, -0.1) is 0 Å². The molecule has 1 amide bonds. The van der Waals surface area contributed by atoms with Crippen molar-refractivity contribution < 1.29 is 9.53 Å². The molecule has 4 aromatic rings. The molecular formula is C31H33N5O2S. The Balaban J connectivity index is 1.65. The standard InChI is InChI=1S/C31H33N5O2S/c1-6-28(37)33-25-14-13-23(18-27(25)38-5)36-30(29(34-31(36)39)26-12-7-8-15-32-26)24-17-20(3)35(21(24)4)22-11-9-10-19(2)16-22/h7-18,29-30H,6H2,1-5H3,(H,33,37)(H,34,39)/t29-,30+/m0/s1. The Morgan fingerprint density at radius 3 is 2.56 bits per heavy atom. The maximum Gasteiger partial charge on any atom is 0.224 e. The molecule has 200 valence electrons. The summed E-state index contributed by atoms with van der Waals surface area (Å²) >= 11 is 5.94. The predicted molar refractivity (Wildman–Crippen MR) is 160 cm³/mol. The first kappa shape index (κ1) is 26.4. The van der Waals surface area contributed by atoms with E-state index >= 15 is 0 Å². The van der Waals surface area contributed by atoms with Crippen LogP contribution in [0.25, 0.3) is 5.69 Å². The minimum Gasteiger partial charge on any atom is -0.494 e. The molecule has 5 rings (SSSR count). The number of thiocarbonyl (C=S) groups is 1. The summed E-state index contributed by atoms with van der Waals surface area (Å²) in [7, 11) is 1.60. The van der Waals surface area contributed by atoms with Crippen LogP contribution in [0.1, 0.15) is 53.6 Å². The summed E-state index contributed by atoms with van der Waals surface area (Å²) in [5.74, 6) is 0.499. The molecule has 2 aromatic carbocycles. The monoisotopic (exact) mass is 539 g/mol. The lowest BCUT2D eigenvalue weighted by molar-refractivity contribution is -0.115. The Hall–Kier alpha value is -4.17. The highest BCUT2D eigenvalue weighted by molar-refractivity contribution is 7.80. The molecule has 0 radical (unpaired) electrons. The highest BCUT2D eigenvalue weighted by Gasteiger charge is 2.42. The third-order valence-corrected chi connectivity index (χ3v) is 7.52. The van der Waals surface area contributed by atoms with Crippen LogP contribution in [0.2, 0.25) is 0 Å². The molecule has 8 heteroatoms. The van der Waals surface area contributed by atoms with E-state index in [1.165, 1.54) is 5.56 Å². The number of rotatable bonds is 7. The van der Waals surface area contributed by atoms with Gasteiger partial charge in [0.1, 0.15) is 5.75 Å². The molecule has 0 bridgehead atoms. The molecule has 0 unspecified atom stereocenters. The van der Waals surface area contributed by atoms with Gasteiger partial charge in [0, 0.05) is 41.4 Å². The summed E-state index contributed by atoms with van der Waals surface area (Å²) in [4.78, 5) is 18.9. The molecule has 1 aliphatic rings. The van der Waals surface area contributed by atoms with Crippen LogP contribution in [0.3, 0.4) is 0 Å². The molecule has 0 saturated carbocycles. The second-order valence-electron chi connectivity index (χ2n) is 9.78. The van der Waals surface area contributed by atoms with Crippen molar-refractivity contribution in [3.8, 4) is 11.4 Å². The number of anilines is 2. The van der Waals surface area contributed by atoms with Gasteiger partial charge in [-0.25, -0.2) is 0 Å². The number of nitrogens with zero attached hydrogens (tertiary/aromatic N) is 3. The fourth-order valence-corrected chi connectivity index (χ4v) is 5.72. The van der Waals surface area contributed by atoms with E-state index in [0.29, 0.717) is 23.0 Å². The van der Waals surface area contributed by atoms with Crippen molar-refractivity contribution >= 4 is 34.6 Å². The van der Waals surface area contributed by atoms with E-state index < -0.39 is 0 Å². The topological polar surface area (TPSA) is 71.4 Å². The van der Waals surface area contributed by atoms with Crippen LogP contribution in [0.15, 0.2) is 72.9 Å².